The van der Waals surface area contributed by atoms with Crippen LogP contribution in [0.3, 0.4) is 0 Å². The molecule has 0 amide bonds. The van der Waals surface area contributed by atoms with Gasteiger partial charge >= 0.3 is 0 Å². The molecule has 2 rings (SSSR count). The number of hydrogen-bond acceptors (Lipinski definition) is 5. The molecule has 0 aliphatic heterocycles. The molecule has 0 atom stereocenters. The molecule has 2 aromatic rings. The average Bonchev–Trinajstić information content (AvgIpc) is 2.62. The van der Waals surface area contributed by atoms with Gasteiger partial charge in [-0.1, -0.05) is 0 Å². The molecule has 90 valence electrons. The van der Waals surface area contributed by atoms with Gasteiger partial charge in [-0.05, 0) is 13.8 Å². The maximum Gasteiger partial charge on any atom is 0.218 e. The van der Waals surface area contributed by atoms with Crippen molar-refractivity contribution in [2.75, 3.05) is 11.9 Å². The second-order valence-electron chi connectivity index (χ2n) is 3.57. The molecule has 2 heterocycles. The van der Waals surface area contributed by atoms with Crippen LogP contribution in [0.2, 0.25) is 0 Å². The molecule has 1 N–H and O–H groups in total. The Bertz CT molecular complexity index is 508. The topological polar surface area (TPSA) is 64.9 Å². The Balaban J connectivity index is 2.18. The number of aromatic nitrogens is 4. The number of rotatable bonds is 4. The van der Waals surface area contributed by atoms with Crippen molar-refractivity contribution in [3.63, 3.8) is 0 Å². The summed E-state index contributed by atoms with van der Waals surface area (Å²) in [5.74, 6) is 1.26. The van der Waals surface area contributed by atoms with Crippen molar-refractivity contribution in [3.05, 3.63) is 24.3 Å². The molecule has 6 nitrogen and oxygen atoms in total. The van der Waals surface area contributed by atoms with Crippen LogP contribution in [-0.4, -0.2) is 26.4 Å². The Morgan fingerprint density at radius 3 is 2.88 bits per heavy atom. The van der Waals surface area contributed by atoms with Crippen molar-refractivity contribution in [1.82, 2.24) is 19.7 Å². The van der Waals surface area contributed by atoms with Gasteiger partial charge in [0.1, 0.15) is 12.1 Å². The van der Waals surface area contributed by atoms with E-state index in [1.165, 1.54) is 6.33 Å². The van der Waals surface area contributed by atoms with E-state index in [1.807, 2.05) is 20.9 Å². The maximum atomic E-state index is 5.31. The Labute approximate surface area is 99.7 Å². The van der Waals surface area contributed by atoms with Crippen LogP contribution in [0.4, 0.5) is 11.5 Å². The minimum Gasteiger partial charge on any atom is -0.478 e. The van der Waals surface area contributed by atoms with E-state index in [4.69, 9.17) is 4.74 Å². The van der Waals surface area contributed by atoms with Crippen LogP contribution in [0.5, 0.6) is 5.88 Å². The molecule has 0 radical (unpaired) electrons. The highest BCUT2D eigenvalue weighted by atomic mass is 16.5. The summed E-state index contributed by atoms with van der Waals surface area (Å²) in [4.78, 5) is 8.13. The van der Waals surface area contributed by atoms with Crippen molar-refractivity contribution >= 4 is 11.5 Å². The van der Waals surface area contributed by atoms with Crippen molar-refractivity contribution in [2.45, 2.75) is 13.8 Å². The minimum atomic E-state index is 0.562. The molecular weight excluding hydrogens is 218 g/mol. The van der Waals surface area contributed by atoms with Gasteiger partial charge in [-0.25, -0.2) is 9.97 Å². The summed E-state index contributed by atoms with van der Waals surface area (Å²) >= 11 is 0. The summed E-state index contributed by atoms with van der Waals surface area (Å²) in [5, 5.41) is 7.33. The first kappa shape index (κ1) is 11.4. The number of ether oxygens (including phenoxy) is 1. The SMILES string of the molecule is CCOc1cc(Nc2cnn(C)c2C)ncn1. The summed E-state index contributed by atoms with van der Waals surface area (Å²) in [6, 6.07) is 1.76. The van der Waals surface area contributed by atoms with Crippen molar-refractivity contribution < 1.29 is 4.74 Å². The van der Waals surface area contributed by atoms with Crippen molar-refractivity contribution in [1.29, 1.82) is 0 Å². The lowest BCUT2D eigenvalue weighted by molar-refractivity contribution is 0.326. The van der Waals surface area contributed by atoms with Crippen molar-refractivity contribution in [3.8, 4) is 5.88 Å². The van der Waals surface area contributed by atoms with Crippen LogP contribution >= 0.6 is 0 Å². The summed E-state index contributed by atoms with van der Waals surface area (Å²) in [7, 11) is 1.89. The minimum absolute atomic E-state index is 0.562. The van der Waals surface area contributed by atoms with Gasteiger partial charge in [-0.15, -0.1) is 0 Å². The van der Waals surface area contributed by atoms with E-state index >= 15 is 0 Å². The quantitative estimate of drug-likeness (QED) is 0.870. The zero-order chi connectivity index (χ0) is 12.3. The van der Waals surface area contributed by atoms with E-state index < -0.39 is 0 Å². The number of nitrogens with zero attached hydrogens (tertiary/aromatic N) is 4. The first-order valence-electron chi connectivity index (χ1n) is 5.41. The first-order valence-corrected chi connectivity index (χ1v) is 5.41. The first-order chi connectivity index (χ1) is 8.20. The van der Waals surface area contributed by atoms with Gasteiger partial charge in [0.05, 0.1) is 24.2 Å². The van der Waals surface area contributed by atoms with Crippen LogP contribution < -0.4 is 10.1 Å². The Kier molecular flexibility index (Phi) is 3.22. The smallest absolute Gasteiger partial charge is 0.218 e. The van der Waals surface area contributed by atoms with E-state index in [1.54, 1.807) is 16.9 Å². The van der Waals surface area contributed by atoms with E-state index in [0.29, 0.717) is 18.3 Å². The van der Waals surface area contributed by atoms with Gasteiger partial charge in [-0.3, -0.25) is 4.68 Å². The number of anilines is 2. The van der Waals surface area contributed by atoms with Gasteiger partial charge in [0.25, 0.3) is 0 Å². The van der Waals surface area contributed by atoms with Gasteiger partial charge in [0, 0.05) is 13.1 Å². The van der Waals surface area contributed by atoms with Crippen LogP contribution in [0, 0.1) is 6.92 Å². The summed E-state index contributed by atoms with van der Waals surface area (Å²) in [5.41, 5.74) is 1.97. The Hall–Kier alpha value is -2.11. The van der Waals surface area contributed by atoms with E-state index in [0.717, 1.165) is 11.4 Å². The van der Waals surface area contributed by atoms with Crippen LogP contribution in [0.1, 0.15) is 12.6 Å². The fourth-order valence-electron chi connectivity index (χ4n) is 1.39. The summed E-state index contributed by atoms with van der Waals surface area (Å²) in [6.07, 6.45) is 3.23. The second kappa shape index (κ2) is 4.82. The lowest BCUT2D eigenvalue weighted by Crippen LogP contribution is -1.99. The zero-order valence-corrected chi connectivity index (χ0v) is 10.1. The molecule has 17 heavy (non-hydrogen) atoms. The molecule has 0 aliphatic carbocycles. The molecule has 0 fully saturated rings. The fourth-order valence-corrected chi connectivity index (χ4v) is 1.39. The predicted molar refractivity (Wildman–Crippen MR) is 64.4 cm³/mol. The highest BCUT2D eigenvalue weighted by Crippen LogP contribution is 2.19. The van der Waals surface area contributed by atoms with E-state index in [2.05, 4.69) is 20.4 Å². The highest BCUT2D eigenvalue weighted by molar-refractivity contribution is 5.58. The van der Waals surface area contributed by atoms with Gasteiger partial charge in [0.2, 0.25) is 5.88 Å². The largest absolute Gasteiger partial charge is 0.478 e. The number of aryl methyl sites for hydroxylation is 1. The highest BCUT2D eigenvalue weighted by Gasteiger charge is 2.05. The van der Waals surface area contributed by atoms with E-state index in [-0.39, 0.29) is 0 Å². The third-order valence-electron chi connectivity index (χ3n) is 2.43. The normalized spacial score (nSPS) is 10.3. The van der Waals surface area contributed by atoms with Crippen molar-refractivity contribution in [2.24, 2.45) is 7.05 Å². The number of hydrogen-bond donors (Lipinski definition) is 1. The van der Waals surface area contributed by atoms with Gasteiger partial charge in [0.15, 0.2) is 0 Å². The molecule has 0 aromatic carbocycles. The third kappa shape index (κ3) is 2.52. The predicted octanol–water partition coefficient (Wildman–Crippen LogP) is 1.66. The van der Waals surface area contributed by atoms with Crippen LogP contribution in [0.25, 0.3) is 0 Å². The average molecular weight is 233 g/mol. The standard InChI is InChI=1S/C11H15N5O/c1-4-17-11-5-10(12-7-13-11)15-9-6-14-16(3)8(9)2/h5-7H,4H2,1-3H3,(H,12,13,15). The third-order valence-corrected chi connectivity index (χ3v) is 2.43. The lowest BCUT2D eigenvalue weighted by Gasteiger charge is -2.06. The number of nitrogens with one attached hydrogen (secondary N) is 1. The van der Waals surface area contributed by atoms with Crippen LogP contribution in [0.15, 0.2) is 18.6 Å². The molecule has 0 bridgehead atoms. The fraction of sp³-hybridized carbons (Fsp3) is 0.364. The lowest BCUT2D eigenvalue weighted by atomic mass is 10.4. The zero-order valence-electron chi connectivity index (χ0n) is 10.1. The molecule has 2 aromatic heterocycles. The molecule has 0 saturated heterocycles. The molecular formula is C11H15N5O. The Morgan fingerprint density at radius 1 is 1.41 bits per heavy atom. The monoisotopic (exact) mass is 233 g/mol. The Morgan fingerprint density at radius 2 is 2.24 bits per heavy atom. The van der Waals surface area contributed by atoms with Gasteiger partial charge < -0.3 is 10.1 Å². The molecule has 0 unspecified atom stereocenters. The second-order valence-corrected chi connectivity index (χ2v) is 3.57. The molecule has 0 saturated carbocycles. The molecule has 0 spiro atoms. The van der Waals surface area contributed by atoms with E-state index in [9.17, 15) is 0 Å². The van der Waals surface area contributed by atoms with Crippen LogP contribution in [-0.2, 0) is 7.05 Å². The molecule has 6 heteroatoms. The maximum absolute atomic E-state index is 5.31. The molecule has 0 aliphatic rings. The summed E-state index contributed by atoms with van der Waals surface area (Å²) < 4.78 is 7.11. The van der Waals surface area contributed by atoms with Gasteiger partial charge in [-0.2, -0.15) is 5.10 Å². The summed E-state index contributed by atoms with van der Waals surface area (Å²) in [6.45, 7) is 4.49.